The summed E-state index contributed by atoms with van der Waals surface area (Å²) >= 11 is 1.10. The van der Waals surface area contributed by atoms with Crippen molar-refractivity contribution in [1.29, 1.82) is 0 Å². The van der Waals surface area contributed by atoms with Crippen molar-refractivity contribution in [2.45, 2.75) is 63.4 Å². The highest BCUT2D eigenvalue weighted by molar-refractivity contribution is 7.12. The molecule has 1 aromatic rings. The largest absolute Gasteiger partial charge is 0.391 e. The molecule has 1 saturated heterocycles. The monoisotopic (exact) mass is 444 g/mol. The van der Waals surface area contributed by atoms with E-state index < -0.39 is 36.7 Å². The van der Waals surface area contributed by atoms with Gasteiger partial charge in [-0.05, 0) is 38.5 Å². The molecule has 4 nitrogen and oxygen atoms in total. The molecular formula is C18H22F6N2O2S. The summed E-state index contributed by atoms with van der Waals surface area (Å²) in [6.07, 6.45) is -8.26. The van der Waals surface area contributed by atoms with Gasteiger partial charge in [-0.3, -0.25) is 4.79 Å². The van der Waals surface area contributed by atoms with Gasteiger partial charge in [-0.15, -0.1) is 11.3 Å². The number of aliphatic hydroxyl groups is 1. The van der Waals surface area contributed by atoms with Crippen LogP contribution in [-0.4, -0.2) is 46.3 Å². The molecule has 2 heterocycles. The Labute approximate surface area is 167 Å². The van der Waals surface area contributed by atoms with E-state index in [9.17, 15) is 36.2 Å². The fourth-order valence-corrected chi connectivity index (χ4v) is 5.13. The van der Waals surface area contributed by atoms with Crippen molar-refractivity contribution in [3.63, 3.8) is 0 Å². The molecule has 2 fully saturated rings. The summed E-state index contributed by atoms with van der Waals surface area (Å²) in [6.45, 7) is -0.537. The van der Waals surface area contributed by atoms with E-state index in [1.54, 1.807) is 0 Å². The summed E-state index contributed by atoms with van der Waals surface area (Å²) in [6, 6.07) is 0. The van der Waals surface area contributed by atoms with E-state index in [1.165, 1.54) is 4.90 Å². The highest BCUT2D eigenvalue weighted by atomic mass is 32.1. The van der Waals surface area contributed by atoms with E-state index in [2.05, 4.69) is 4.98 Å². The van der Waals surface area contributed by atoms with Gasteiger partial charge < -0.3 is 10.0 Å². The Kier molecular flexibility index (Phi) is 6.47. The minimum Gasteiger partial charge on any atom is -0.391 e. The molecule has 164 valence electrons. The molecule has 1 aromatic heterocycles. The number of aliphatic hydroxyl groups excluding tert-OH is 1. The van der Waals surface area contributed by atoms with E-state index in [4.69, 9.17) is 0 Å². The number of hydrogen-bond donors (Lipinski definition) is 1. The second-order valence-corrected chi connectivity index (χ2v) is 8.80. The highest BCUT2D eigenvalue weighted by Gasteiger charge is 2.43. The summed E-state index contributed by atoms with van der Waals surface area (Å²) in [7, 11) is 0. The molecule has 1 aliphatic heterocycles. The topological polar surface area (TPSA) is 53.4 Å². The SMILES string of the molecule is O=C(c1nc([C@H]2CC[C@H](C(F)(F)F)CC2)sc1CO)N1CCC(C(F)(F)F)CC1. The van der Waals surface area contributed by atoms with Gasteiger partial charge in [-0.25, -0.2) is 4.98 Å². The molecule has 3 rings (SSSR count). The molecule has 11 heteroatoms. The average Bonchev–Trinajstić information content (AvgIpc) is 3.10. The number of thiazole rings is 1. The van der Waals surface area contributed by atoms with Gasteiger partial charge in [0, 0.05) is 19.0 Å². The maximum absolute atomic E-state index is 12.8. The van der Waals surface area contributed by atoms with Crippen LogP contribution in [0.1, 0.15) is 64.8 Å². The smallest absolute Gasteiger partial charge is 0.391 e. The first-order chi connectivity index (χ1) is 13.5. The summed E-state index contributed by atoms with van der Waals surface area (Å²) < 4.78 is 76.9. The zero-order chi connectivity index (χ0) is 21.4. The molecule has 29 heavy (non-hydrogen) atoms. The number of piperidine rings is 1. The molecule has 0 unspecified atom stereocenters. The van der Waals surface area contributed by atoms with Crippen LogP contribution in [0.4, 0.5) is 26.3 Å². The summed E-state index contributed by atoms with van der Waals surface area (Å²) in [5.74, 6) is -3.49. The minimum atomic E-state index is -4.28. The third kappa shape index (κ3) is 5.04. The van der Waals surface area contributed by atoms with Crippen LogP contribution in [0.5, 0.6) is 0 Å². The van der Waals surface area contributed by atoms with Gasteiger partial charge in [0.2, 0.25) is 0 Å². The van der Waals surface area contributed by atoms with E-state index in [1.807, 2.05) is 0 Å². The molecule has 0 atom stereocenters. The first-order valence-corrected chi connectivity index (χ1v) is 10.4. The number of rotatable bonds is 3. The number of hydrogen-bond acceptors (Lipinski definition) is 4. The number of carbonyl (C=O) groups excluding carboxylic acids is 1. The molecule has 0 radical (unpaired) electrons. The quantitative estimate of drug-likeness (QED) is 0.676. The zero-order valence-electron chi connectivity index (χ0n) is 15.5. The number of likely N-dealkylation sites (tertiary alicyclic amines) is 1. The van der Waals surface area contributed by atoms with Crippen molar-refractivity contribution in [2.24, 2.45) is 11.8 Å². The van der Waals surface area contributed by atoms with Gasteiger partial charge in [0.1, 0.15) is 5.69 Å². The van der Waals surface area contributed by atoms with Crippen LogP contribution in [-0.2, 0) is 6.61 Å². The predicted octanol–water partition coefficient (Wildman–Crippen LogP) is 4.89. The van der Waals surface area contributed by atoms with Gasteiger partial charge in [0.15, 0.2) is 0 Å². The Balaban J connectivity index is 1.67. The molecule has 1 N–H and O–H groups in total. The third-order valence-electron chi connectivity index (χ3n) is 5.84. The Morgan fingerprint density at radius 1 is 0.966 bits per heavy atom. The lowest BCUT2D eigenvalue weighted by Crippen LogP contribution is -2.42. The van der Waals surface area contributed by atoms with Crippen molar-refractivity contribution < 1.29 is 36.2 Å². The van der Waals surface area contributed by atoms with Crippen LogP contribution >= 0.6 is 11.3 Å². The van der Waals surface area contributed by atoms with E-state index >= 15 is 0 Å². The van der Waals surface area contributed by atoms with E-state index in [0.717, 1.165) is 11.3 Å². The maximum atomic E-state index is 12.8. The Morgan fingerprint density at radius 3 is 1.97 bits per heavy atom. The number of halogens is 6. The number of alkyl halides is 6. The third-order valence-corrected chi connectivity index (χ3v) is 7.05. The van der Waals surface area contributed by atoms with Gasteiger partial charge in [-0.2, -0.15) is 26.3 Å². The molecular weight excluding hydrogens is 422 g/mol. The van der Waals surface area contributed by atoms with Crippen LogP contribution in [0.2, 0.25) is 0 Å². The van der Waals surface area contributed by atoms with Gasteiger partial charge in [0.05, 0.1) is 28.3 Å². The van der Waals surface area contributed by atoms with Crippen LogP contribution in [0.15, 0.2) is 0 Å². The lowest BCUT2D eigenvalue weighted by atomic mass is 9.82. The first-order valence-electron chi connectivity index (χ1n) is 9.53. The first kappa shape index (κ1) is 22.3. The fraction of sp³-hybridized carbons (Fsp3) is 0.778. The number of nitrogens with zero attached hydrogens (tertiary/aromatic N) is 2. The van der Waals surface area contributed by atoms with Gasteiger partial charge in [-0.1, -0.05) is 0 Å². The number of amides is 1. The van der Waals surface area contributed by atoms with Crippen LogP contribution in [0.25, 0.3) is 0 Å². The average molecular weight is 444 g/mol. The van der Waals surface area contributed by atoms with Crippen molar-refractivity contribution >= 4 is 17.2 Å². The Morgan fingerprint density at radius 2 is 1.48 bits per heavy atom. The van der Waals surface area contributed by atoms with Gasteiger partial charge in [0.25, 0.3) is 5.91 Å². The second-order valence-electron chi connectivity index (χ2n) is 7.68. The zero-order valence-corrected chi connectivity index (χ0v) is 16.3. The molecule has 0 spiro atoms. The molecule has 2 aliphatic rings. The maximum Gasteiger partial charge on any atom is 0.391 e. The molecule has 1 amide bonds. The molecule has 1 saturated carbocycles. The number of aromatic nitrogens is 1. The van der Waals surface area contributed by atoms with Crippen LogP contribution in [0.3, 0.4) is 0 Å². The van der Waals surface area contributed by atoms with Gasteiger partial charge >= 0.3 is 12.4 Å². The van der Waals surface area contributed by atoms with Crippen molar-refractivity contribution in [1.82, 2.24) is 9.88 Å². The standard InChI is InChI=1S/C18H22F6N2O2S/c19-17(20,21)11-3-1-10(2-4-11)15-25-14(13(9-27)29-15)16(28)26-7-5-12(6-8-26)18(22,23)24/h10-12,27H,1-9H2/t10-,11-. The van der Waals surface area contributed by atoms with Crippen LogP contribution < -0.4 is 0 Å². The lowest BCUT2D eigenvalue weighted by molar-refractivity contribution is -0.184. The predicted molar refractivity (Wildman–Crippen MR) is 93.5 cm³/mol. The van der Waals surface area contributed by atoms with Crippen molar-refractivity contribution in [2.75, 3.05) is 13.1 Å². The summed E-state index contributed by atoms with van der Waals surface area (Å²) in [5, 5.41) is 10.1. The van der Waals surface area contributed by atoms with E-state index in [-0.39, 0.29) is 50.4 Å². The highest BCUT2D eigenvalue weighted by Crippen LogP contribution is 2.44. The summed E-state index contributed by atoms with van der Waals surface area (Å²) in [5.41, 5.74) is 0.0101. The van der Waals surface area contributed by atoms with E-state index in [0.29, 0.717) is 22.7 Å². The Bertz CT molecular complexity index is 717. The molecule has 0 bridgehead atoms. The Hall–Kier alpha value is -1.36. The summed E-state index contributed by atoms with van der Waals surface area (Å²) in [4.78, 5) is 18.7. The normalized spacial score (nSPS) is 24.7. The van der Waals surface area contributed by atoms with Crippen LogP contribution in [0, 0.1) is 11.8 Å². The fourth-order valence-electron chi connectivity index (χ4n) is 4.05. The molecule has 0 aromatic carbocycles. The second kappa shape index (κ2) is 8.41. The minimum absolute atomic E-state index is 0.00353. The van der Waals surface area contributed by atoms with Crippen molar-refractivity contribution in [3.05, 3.63) is 15.6 Å². The lowest BCUT2D eigenvalue weighted by Gasteiger charge is -2.32. The molecule has 1 aliphatic carbocycles. The number of carbonyl (C=O) groups is 1. The van der Waals surface area contributed by atoms with Crippen molar-refractivity contribution in [3.8, 4) is 0 Å².